The Hall–Kier alpha value is -8.12. The molecule has 328 valence electrons. The van der Waals surface area contributed by atoms with E-state index in [0.29, 0.717) is 50.6 Å². The van der Waals surface area contributed by atoms with Crippen molar-refractivity contribution < 1.29 is 51.7 Å². The number of nitrogens with zero attached hydrogens (tertiary/aromatic N) is 2. The molecule has 0 aromatic heterocycles. The van der Waals surface area contributed by atoms with Crippen LogP contribution in [0.1, 0.15) is 55.4 Å². The lowest BCUT2D eigenvalue weighted by atomic mass is 9.91. The summed E-state index contributed by atoms with van der Waals surface area (Å²) >= 11 is 0. The van der Waals surface area contributed by atoms with Gasteiger partial charge >= 0.3 is 12.1 Å². The monoisotopic (exact) mass is 880 g/mol. The molecule has 3 unspecified atom stereocenters. The predicted octanol–water partition coefficient (Wildman–Crippen LogP) is 8.28. The summed E-state index contributed by atoms with van der Waals surface area (Å²) in [4.78, 5) is 55.7. The van der Waals surface area contributed by atoms with Crippen LogP contribution in [0.2, 0.25) is 0 Å². The summed E-state index contributed by atoms with van der Waals surface area (Å²) in [5, 5.41) is 24.9. The number of nitriles is 1. The van der Waals surface area contributed by atoms with E-state index in [2.05, 4.69) is 16.7 Å². The Morgan fingerprint density at radius 3 is 2.22 bits per heavy atom. The van der Waals surface area contributed by atoms with E-state index in [0.717, 1.165) is 24.3 Å². The molecule has 3 N–H and O–H groups in total. The van der Waals surface area contributed by atoms with Crippen molar-refractivity contribution in [3.63, 3.8) is 0 Å². The number of carboxylic acids is 1. The number of aliphatic carboxylic acids is 1. The first-order valence-electron chi connectivity index (χ1n) is 20.4. The Labute approximate surface area is 370 Å². The van der Waals surface area contributed by atoms with Gasteiger partial charge < -0.3 is 34.9 Å². The molecule has 6 aromatic carbocycles. The number of nitrogens with one attached hydrogen (secondary N) is 2. The van der Waals surface area contributed by atoms with E-state index in [1.807, 2.05) is 24.3 Å². The molecule has 0 saturated heterocycles. The molecule has 2 aliphatic rings. The van der Waals surface area contributed by atoms with Gasteiger partial charge in [0.2, 0.25) is 12.0 Å². The first-order chi connectivity index (χ1) is 31.3. The highest BCUT2D eigenvalue weighted by molar-refractivity contribution is 6.00. The second-order valence-corrected chi connectivity index (χ2v) is 15.5. The molecule has 3 atom stereocenters. The van der Waals surface area contributed by atoms with Crippen molar-refractivity contribution in [1.82, 2.24) is 10.2 Å². The number of benzene rings is 6. The SMILES string of the molecule is COc1ccc(COc2ccc(C3Oc4cc5c(cc4NC3=O)CC(C(=O)NC(Cc3ccc(-c4ccc(C#N)cc4)cc3)C(=O)O)N(C(=O)c3ccccc3)C5)cc2)cc1C(F)(F)F. The molecule has 0 radical (unpaired) electrons. The van der Waals surface area contributed by atoms with Crippen LogP contribution in [0.15, 0.2) is 133 Å². The smallest absolute Gasteiger partial charge is 0.419 e. The molecule has 2 heterocycles. The molecule has 3 amide bonds. The predicted molar refractivity (Wildman–Crippen MR) is 231 cm³/mol. The van der Waals surface area contributed by atoms with Gasteiger partial charge in [-0.15, -0.1) is 0 Å². The summed E-state index contributed by atoms with van der Waals surface area (Å²) in [7, 11) is 1.16. The lowest BCUT2D eigenvalue weighted by Gasteiger charge is -2.37. The highest BCUT2D eigenvalue weighted by Crippen LogP contribution is 2.41. The maximum Gasteiger partial charge on any atom is 0.419 e. The Kier molecular flexibility index (Phi) is 12.3. The molecule has 2 aliphatic heterocycles. The van der Waals surface area contributed by atoms with Crippen molar-refractivity contribution in [2.45, 2.75) is 50.4 Å². The zero-order valence-electron chi connectivity index (χ0n) is 34.6. The Morgan fingerprint density at radius 1 is 0.892 bits per heavy atom. The van der Waals surface area contributed by atoms with Crippen molar-refractivity contribution in [3.8, 4) is 34.4 Å². The molecular formula is C50H39F3N4O8. The zero-order valence-corrected chi connectivity index (χ0v) is 34.6. The van der Waals surface area contributed by atoms with E-state index >= 15 is 0 Å². The van der Waals surface area contributed by atoms with Crippen molar-refractivity contribution >= 4 is 29.4 Å². The van der Waals surface area contributed by atoms with Crippen LogP contribution in [0.25, 0.3) is 11.1 Å². The number of rotatable bonds is 12. The van der Waals surface area contributed by atoms with Crippen LogP contribution in [0, 0.1) is 11.3 Å². The molecule has 15 heteroatoms. The van der Waals surface area contributed by atoms with Crippen LogP contribution < -0.4 is 24.8 Å². The average Bonchev–Trinajstić information content (AvgIpc) is 3.32. The quantitative estimate of drug-likeness (QED) is 0.110. The van der Waals surface area contributed by atoms with Crippen LogP contribution in [-0.2, 0) is 46.6 Å². The molecular weight excluding hydrogens is 842 g/mol. The lowest BCUT2D eigenvalue weighted by Crippen LogP contribution is -2.56. The van der Waals surface area contributed by atoms with Gasteiger partial charge in [0, 0.05) is 30.5 Å². The second kappa shape index (κ2) is 18.3. The van der Waals surface area contributed by atoms with Gasteiger partial charge in [-0.25, -0.2) is 4.79 Å². The first kappa shape index (κ1) is 43.5. The van der Waals surface area contributed by atoms with Crippen molar-refractivity contribution in [3.05, 3.63) is 178 Å². The molecule has 12 nitrogen and oxygen atoms in total. The van der Waals surface area contributed by atoms with Crippen molar-refractivity contribution in [2.24, 2.45) is 0 Å². The van der Waals surface area contributed by atoms with E-state index in [-0.39, 0.29) is 37.3 Å². The third-order valence-corrected chi connectivity index (χ3v) is 11.3. The molecule has 65 heavy (non-hydrogen) atoms. The number of anilines is 1. The van der Waals surface area contributed by atoms with Gasteiger partial charge in [0.05, 0.1) is 30.0 Å². The van der Waals surface area contributed by atoms with Gasteiger partial charge in [-0.1, -0.05) is 72.8 Å². The van der Waals surface area contributed by atoms with Gasteiger partial charge in [-0.2, -0.15) is 18.4 Å². The van der Waals surface area contributed by atoms with Gasteiger partial charge in [0.25, 0.3) is 11.8 Å². The van der Waals surface area contributed by atoms with Crippen molar-refractivity contribution in [1.29, 1.82) is 5.26 Å². The fourth-order valence-electron chi connectivity index (χ4n) is 7.85. The number of alkyl halides is 3. The minimum Gasteiger partial charge on any atom is -0.496 e. The standard InChI is InChI=1S/C50H39F3N4O8/c1-63-43-20-11-31(21-39(43)50(51,52)53)28-64-38-18-16-34(17-19-38)45-47(59)55-40-23-36-24-42(57(27-37(36)25-44(40)65-45)48(60)35-5-3-2-4-6-35)46(58)56-41(49(61)62)22-29-7-12-32(13-8-29)33-14-9-30(26-54)10-15-33/h2-21,23,25,41-42,45H,22,24,27-28H2,1H3,(H,55,59)(H,56,58)(H,61,62). The van der Waals surface area contributed by atoms with Crippen LogP contribution in [-0.4, -0.2) is 52.9 Å². The van der Waals surface area contributed by atoms with Gasteiger partial charge in [-0.05, 0) is 94.0 Å². The number of carbonyl (C=O) groups is 4. The number of carbonyl (C=O) groups excluding carboxylic acids is 3. The number of ether oxygens (including phenoxy) is 3. The normalized spacial score (nSPS) is 15.8. The van der Waals surface area contributed by atoms with Gasteiger partial charge in [0.15, 0.2) is 0 Å². The number of hydrogen-bond acceptors (Lipinski definition) is 8. The average molecular weight is 881 g/mol. The zero-order chi connectivity index (χ0) is 45.8. The first-order valence-corrected chi connectivity index (χ1v) is 20.4. The number of fused-ring (bicyclic) bond motifs is 2. The largest absolute Gasteiger partial charge is 0.496 e. The number of methoxy groups -OCH3 is 1. The summed E-state index contributed by atoms with van der Waals surface area (Å²) in [6, 6.07) is 35.8. The van der Waals surface area contributed by atoms with Crippen LogP contribution in [0.3, 0.4) is 0 Å². The molecule has 8 rings (SSSR count). The van der Waals surface area contributed by atoms with E-state index in [4.69, 9.17) is 19.5 Å². The number of carboxylic acid groups (broad SMARTS) is 1. The third kappa shape index (κ3) is 9.62. The highest BCUT2D eigenvalue weighted by atomic mass is 19.4. The Balaban J connectivity index is 0.979. The summed E-state index contributed by atoms with van der Waals surface area (Å²) < 4.78 is 57.4. The number of amides is 3. The number of hydrogen-bond donors (Lipinski definition) is 3. The van der Waals surface area contributed by atoms with Crippen LogP contribution in [0.5, 0.6) is 17.2 Å². The summed E-state index contributed by atoms with van der Waals surface area (Å²) in [6.45, 7) is -0.190. The maximum atomic E-state index is 14.2. The van der Waals surface area contributed by atoms with E-state index in [1.165, 1.54) is 17.0 Å². The van der Waals surface area contributed by atoms with Crippen LogP contribution in [0.4, 0.5) is 18.9 Å². The lowest BCUT2D eigenvalue weighted by molar-refractivity contribution is -0.142. The highest BCUT2D eigenvalue weighted by Gasteiger charge is 2.39. The van der Waals surface area contributed by atoms with E-state index in [1.54, 1.807) is 91.0 Å². The van der Waals surface area contributed by atoms with Crippen LogP contribution >= 0.6 is 0 Å². The number of halogens is 3. The van der Waals surface area contributed by atoms with E-state index < -0.39 is 53.6 Å². The molecule has 6 aromatic rings. The minimum absolute atomic E-state index is 0.00739. The minimum atomic E-state index is -4.61. The van der Waals surface area contributed by atoms with Crippen molar-refractivity contribution in [2.75, 3.05) is 12.4 Å². The molecule has 0 saturated carbocycles. The van der Waals surface area contributed by atoms with E-state index in [9.17, 15) is 37.5 Å². The second-order valence-electron chi connectivity index (χ2n) is 15.5. The third-order valence-electron chi connectivity index (χ3n) is 11.3. The summed E-state index contributed by atoms with van der Waals surface area (Å²) in [5.74, 6) is -2.48. The summed E-state index contributed by atoms with van der Waals surface area (Å²) in [5.41, 5.74) is 4.73. The fourth-order valence-corrected chi connectivity index (χ4v) is 7.85. The molecule has 0 spiro atoms. The topological polar surface area (TPSA) is 167 Å². The van der Waals surface area contributed by atoms with Gasteiger partial charge in [0.1, 0.15) is 35.9 Å². The molecule has 0 aliphatic carbocycles. The Morgan fingerprint density at radius 2 is 1.57 bits per heavy atom. The maximum absolute atomic E-state index is 14.2. The summed E-state index contributed by atoms with van der Waals surface area (Å²) in [6.07, 6.45) is -5.73. The molecule has 0 fully saturated rings. The van der Waals surface area contributed by atoms with Gasteiger partial charge in [-0.3, -0.25) is 14.4 Å². The molecule has 0 bridgehead atoms. The Bertz CT molecular complexity index is 2810. The fraction of sp³-hybridized carbons (Fsp3) is 0.180.